The number of aryl methyl sites for hydroxylation is 2. The number of hydrogen-bond donors (Lipinski definition) is 2. The van der Waals surface area contributed by atoms with Gasteiger partial charge in [-0.2, -0.15) is 5.10 Å². The molecule has 2 aromatic carbocycles. The predicted octanol–water partition coefficient (Wildman–Crippen LogP) is 2.69. The van der Waals surface area contributed by atoms with Crippen molar-refractivity contribution in [3.63, 3.8) is 0 Å². The molecule has 0 unspecified atom stereocenters. The third kappa shape index (κ3) is 4.60. The molecule has 7 nitrogen and oxygen atoms in total. The highest BCUT2D eigenvalue weighted by molar-refractivity contribution is 7.89. The van der Waals surface area contributed by atoms with E-state index in [-0.39, 0.29) is 10.8 Å². The summed E-state index contributed by atoms with van der Waals surface area (Å²) in [5.41, 5.74) is 4.98. The van der Waals surface area contributed by atoms with Gasteiger partial charge in [0.2, 0.25) is 10.0 Å². The second kappa shape index (κ2) is 8.81. The number of carbonyl (C=O) groups excluding carboxylic acids is 1. The topological polar surface area (TPSA) is 93.1 Å². The second-order valence-corrected chi connectivity index (χ2v) is 9.05. The SMILES string of the molecule is CNS(=O)(=O)c1ccc(C)c(C(=O)NCc2c(C)nn(Cc3ccccc3)c2C)c1. The van der Waals surface area contributed by atoms with Gasteiger partial charge in [0.05, 0.1) is 17.1 Å². The van der Waals surface area contributed by atoms with Gasteiger partial charge < -0.3 is 5.32 Å². The number of rotatable bonds is 7. The van der Waals surface area contributed by atoms with Crippen LogP contribution in [0.3, 0.4) is 0 Å². The summed E-state index contributed by atoms with van der Waals surface area (Å²) >= 11 is 0. The molecular weight excluding hydrogens is 400 g/mol. The summed E-state index contributed by atoms with van der Waals surface area (Å²) in [5, 5.41) is 7.51. The fourth-order valence-electron chi connectivity index (χ4n) is 3.29. The standard InChI is InChI=1S/C22H26N4O3S/c1-15-10-11-19(30(28,29)23-4)12-20(15)22(27)24-13-21-16(2)25-26(17(21)3)14-18-8-6-5-7-9-18/h5-12,23H,13-14H2,1-4H3,(H,24,27). The monoisotopic (exact) mass is 426 g/mol. The van der Waals surface area contributed by atoms with E-state index in [0.717, 1.165) is 22.5 Å². The second-order valence-electron chi connectivity index (χ2n) is 7.16. The molecule has 3 aromatic rings. The maximum Gasteiger partial charge on any atom is 0.251 e. The Morgan fingerprint density at radius 2 is 1.77 bits per heavy atom. The van der Waals surface area contributed by atoms with Crippen LogP contribution >= 0.6 is 0 Å². The van der Waals surface area contributed by atoms with E-state index in [1.807, 2.05) is 48.9 Å². The van der Waals surface area contributed by atoms with Crippen molar-refractivity contribution < 1.29 is 13.2 Å². The Kier molecular flexibility index (Phi) is 6.38. The average Bonchev–Trinajstić information content (AvgIpc) is 2.99. The molecule has 0 fully saturated rings. The van der Waals surface area contributed by atoms with Gasteiger partial charge >= 0.3 is 0 Å². The van der Waals surface area contributed by atoms with Gasteiger partial charge in [-0.15, -0.1) is 0 Å². The number of carbonyl (C=O) groups is 1. The molecule has 0 aliphatic heterocycles. The first-order valence-corrected chi connectivity index (χ1v) is 11.1. The van der Waals surface area contributed by atoms with Crippen LogP contribution in [0, 0.1) is 20.8 Å². The third-order valence-electron chi connectivity index (χ3n) is 5.16. The minimum absolute atomic E-state index is 0.0591. The molecule has 0 aliphatic carbocycles. The number of nitrogens with zero attached hydrogens (tertiary/aromatic N) is 2. The van der Waals surface area contributed by atoms with Crippen LogP contribution in [0.15, 0.2) is 53.4 Å². The van der Waals surface area contributed by atoms with Crippen molar-refractivity contribution in [2.75, 3.05) is 7.05 Å². The number of benzene rings is 2. The zero-order chi connectivity index (χ0) is 21.9. The molecule has 0 saturated carbocycles. The summed E-state index contributed by atoms with van der Waals surface area (Å²) in [6.07, 6.45) is 0. The summed E-state index contributed by atoms with van der Waals surface area (Å²) in [5.74, 6) is -0.324. The van der Waals surface area contributed by atoms with Crippen LogP contribution in [0.1, 0.15) is 38.4 Å². The molecule has 0 radical (unpaired) electrons. The third-order valence-corrected chi connectivity index (χ3v) is 6.58. The summed E-state index contributed by atoms with van der Waals surface area (Å²) in [7, 11) is -2.28. The Hall–Kier alpha value is -2.97. The van der Waals surface area contributed by atoms with Crippen LogP contribution in [-0.4, -0.2) is 31.2 Å². The van der Waals surface area contributed by atoms with Crippen LogP contribution < -0.4 is 10.0 Å². The van der Waals surface area contributed by atoms with Crippen LogP contribution in [0.4, 0.5) is 0 Å². The maximum atomic E-state index is 12.8. The number of nitrogens with one attached hydrogen (secondary N) is 2. The molecule has 0 saturated heterocycles. The highest BCUT2D eigenvalue weighted by Crippen LogP contribution is 2.18. The Morgan fingerprint density at radius 1 is 1.07 bits per heavy atom. The van der Waals surface area contributed by atoms with Crippen molar-refractivity contribution >= 4 is 15.9 Å². The lowest BCUT2D eigenvalue weighted by Gasteiger charge is -2.11. The van der Waals surface area contributed by atoms with E-state index in [2.05, 4.69) is 15.1 Å². The van der Waals surface area contributed by atoms with Gasteiger partial charge in [0.25, 0.3) is 5.91 Å². The van der Waals surface area contributed by atoms with E-state index >= 15 is 0 Å². The minimum Gasteiger partial charge on any atom is -0.348 e. The van der Waals surface area contributed by atoms with E-state index in [1.54, 1.807) is 13.0 Å². The van der Waals surface area contributed by atoms with Crippen LogP contribution in [0.2, 0.25) is 0 Å². The van der Waals surface area contributed by atoms with Gasteiger partial charge in [0, 0.05) is 23.4 Å². The largest absolute Gasteiger partial charge is 0.348 e. The molecule has 0 spiro atoms. The molecule has 3 rings (SSSR count). The Labute approximate surface area is 177 Å². The van der Waals surface area contributed by atoms with Crippen molar-refractivity contribution in [2.45, 2.75) is 38.8 Å². The van der Waals surface area contributed by atoms with Gasteiger partial charge in [-0.25, -0.2) is 13.1 Å². The zero-order valence-corrected chi connectivity index (χ0v) is 18.4. The van der Waals surface area contributed by atoms with E-state index in [9.17, 15) is 13.2 Å². The van der Waals surface area contributed by atoms with Crippen molar-refractivity contribution in [2.24, 2.45) is 0 Å². The normalized spacial score (nSPS) is 11.5. The van der Waals surface area contributed by atoms with E-state index in [4.69, 9.17) is 0 Å². The first-order valence-electron chi connectivity index (χ1n) is 9.62. The first-order chi connectivity index (χ1) is 14.2. The molecule has 0 bridgehead atoms. The fraction of sp³-hybridized carbons (Fsp3) is 0.273. The van der Waals surface area contributed by atoms with Gasteiger partial charge in [0.15, 0.2) is 0 Å². The van der Waals surface area contributed by atoms with Crippen LogP contribution in [0.25, 0.3) is 0 Å². The van der Waals surface area contributed by atoms with Crippen molar-refractivity contribution in [1.82, 2.24) is 19.8 Å². The molecule has 158 valence electrons. The maximum absolute atomic E-state index is 12.8. The smallest absolute Gasteiger partial charge is 0.251 e. The molecular formula is C22H26N4O3S. The predicted molar refractivity (Wildman–Crippen MR) is 116 cm³/mol. The van der Waals surface area contributed by atoms with Crippen molar-refractivity contribution in [3.8, 4) is 0 Å². The van der Waals surface area contributed by atoms with Crippen LogP contribution in [0.5, 0.6) is 0 Å². The molecule has 0 aliphatic rings. The summed E-state index contributed by atoms with van der Waals surface area (Å²) in [6, 6.07) is 14.6. The number of hydrogen-bond acceptors (Lipinski definition) is 4. The lowest BCUT2D eigenvalue weighted by atomic mass is 10.1. The summed E-state index contributed by atoms with van der Waals surface area (Å²) < 4.78 is 28.3. The first kappa shape index (κ1) is 21.7. The lowest BCUT2D eigenvalue weighted by Crippen LogP contribution is -2.25. The Morgan fingerprint density at radius 3 is 2.43 bits per heavy atom. The number of aromatic nitrogens is 2. The highest BCUT2D eigenvalue weighted by atomic mass is 32.2. The Balaban J connectivity index is 1.78. The van der Waals surface area contributed by atoms with Crippen LogP contribution in [-0.2, 0) is 23.1 Å². The fourth-order valence-corrected chi connectivity index (χ4v) is 4.05. The molecule has 30 heavy (non-hydrogen) atoms. The molecule has 1 heterocycles. The minimum atomic E-state index is -3.62. The van der Waals surface area contributed by atoms with Crippen molar-refractivity contribution in [1.29, 1.82) is 0 Å². The molecule has 2 N–H and O–H groups in total. The summed E-state index contributed by atoms with van der Waals surface area (Å²) in [6.45, 7) is 6.65. The molecule has 0 atom stereocenters. The lowest BCUT2D eigenvalue weighted by molar-refractivity contribution is 0.0950. The number of sulfonamides is 1. The van der Waals surface area contributed by atoms with Crippen molar-refractivity contribution in [3.05, 3.63) is 82.2 Å². The molecule has 1 amide bonds. The van der Waals surface area contributed by atoms with Gasteiger partial charge in [-0.05, 0) is 51.1 Å². The van der Waals surface area contributed by atoms with E-state index in [1.165, 1.54) is 19.2 Å². The van der Waals surface area contributed by atoms with Gasteiger partial charge in [0.1, 0.15) is 0 Å². The van der Waals surface area contributed by atoms with E-state index < -0.39 is 10.0 Å². The quantitative estimate of drug-likeness (QED) is 0.607. The zero-order valence-electron chi connectivity index (χ0n) is 17.6. The number of amides is 1. The van der Waals surface area contributed by atoms with E-state index in [0.29, 0.717) is 24.2 Å². The molecule has 8 heteroatoms. The van der Waals surface area contributed by atoms with Gasteiger partial charge in [-0.3, -0.25) is 9.48 Å². The highest BCUT2D eigenvalue weighted by Gasteiger charge is 2.18. The average molecular weight is 427 g/mol. The summed E-state index contributed by atoms with van der Waals surface area (Å²) in [4.78, 5) is 12.8. The molecule has 1 aromatic heterocycles. The Bertz CT molecular complexity index is 1170. The van der Waals surface area contributed by atoms with Gasteiger partial charge in [-0.1, -0.05) is 36.4 Å².